The maximum atomic E-state index is 11.2. The minimum atomic E-state index is -0.442. The van der Waals surface area contributed by atoms with Gasteiger partial charge in [-0.2, -0.15) is 0 Å². The lowest BCUT2D eigenvalue weighted by Gasteiger charge is -2.11. The fraction of sp³-hybridized carbons (Fsp3) is 0.500. The van der Waals surface area contributed by atoms with Crippen LogP contribution in [0, 0.1) is 5.92 Å². The molecule has 1 atom stereocenters. The highest BCUT2D eigenvalue weighted by Crippen LogP contribution is 2.14. The van der Waals surface area contributed by atoms with Crippen LogP contribution >= 0.6 is 0 Å². The molecule has 1 aromatic rings. The maximum absolute atomic E-state index is 11.2. The van der Waals surface area contributed by atoms with Crippen LogP contribution in [0.5, 0.6) is 0 Å². The van der Waals surface area contributed by atoms with E-state index in [1.807, 2.05) is 0 Å². The predicted octanol–water partition coefficient (Wildman–Crippen LogP) is 0.592. The van der Waals surface area contributed by atoms with Gasteiger partial charge in [-0.25, -0.2) is 4.98 Å². The molecule has 1 saturated heterocycles. The van der Waals surface area contributed by atoms with Gasteiger partial charge in [0.25, 0.3) is 5.91 Å². The van der Waals surface area contributed by atoms with E-state index in [9.17, 15) is 4.79 Å². The zero-order valence-corrected chi connectivity index (χ0v) is 9.78. The van der Waals surface area contributed by atoms with Crippen molar-refractivity contribution in [3.05, 3.63) is 23.9 Å². The van der Waals surface area contributed by atoms with Gasteiger partial charge in [0.05, 0.1) is 5.56 Å². The Morgan fingerprint density at radius 2 is 2.53 bits per heavy atom. The molecule has 1 unspecified atom stereocenters. The number of pyridine rings is 1. The van der Waals surface area contributed by atoms with E-state index < -0.39 is 5.91 Å². The normalized spacial score (nSPS) is 19.2. The molecule has 17 heavy (non-hydrogen) atoms. The van der Waals surface area contributed by atoms with E-state index >= 15 is 0 Å². The molecule has 0 saturated carbocycles. The quantitative estimate of drug-likeness (QED) is 0.696. The Hall–Kier alpha value is -1.62. The first-order chi connectivity index (χ1) is 8.27. The first-order valence-electron chi connectivity index (χ1n) is 5.97. The topological polar surface area (TPSA) is 80.0 Å². The average molecular weight is 234 g/mol. The summed E-state index contributed by atoms with van der Waals surface area (Å²) in [5.74, 6) is 0.873. The van der Waals surface area contributed by atoms with Gasteiger partial charge < -0.3 is 16.4 Å². The van der Waals surface area contributed by atoms with Gasteiger partial charge in [-0.15, -0.1) is 0 Å². The van der Waals surface area contributed by atoms with Crippen molar-refractivity contribution in [2.45, 2.75) is 12.8 Å². The summed E-state index contributed by atoms with van der Waals surface area (Å²) >= 11 is 0. The summed E-state index contributed by atoms with van der Waals surface area (Å²) in [7, 11) is 0. The SMILES string of the molecule is NC(=O)c1cccnc1NCCC1CCNC1. The third-order valence-corrected chi connectivity index (χ3v) is 3.08. The molecule has 0 bridgehead atoms. The fourth-order valence-electron chi connectivity index (χ4n) is 2.10. The van der Waals surface area contributed by atoms with E-state index in [0.29, 0.717) is 11.4 Å². The van der Waals surface area contributed by atoms with Gasteiger partial charge in [0.1, 0.15) is 5.82 Å². The Labute approximate surface area is 101 Å². The molecule has 0 aromatic carbocycles. The molecule has 0 radical (unpaired) electrons. The summed E-state index contributed by atoms with van der Waals surface area (Å²) in [5.41, 5.74) is 5.74. The zero-order valence-electron chi connectivity index (χ0n) is 9.78. The third-order valence-electron chi connectivity index (χ3n) is 3.08. The number of nitrogens with two attached hydrogens (primary N) is 1. The monoisotopic (exact) mass is 234 g/mol. The molecule has 1 aliphatic heterocycles. The molecule has 5 heteroatoms. The van der Waals surface area contributed by atoms with Crippen molar-refractivity contribution < 1.29 is 4.79 Å². The number of hydrogen-bond donors (Lipinski definition) is 3. The lowest BCUT2D eigenvalue weighted by molar-refractivity contribution is 0.100. The highest BCUT2D eigenvalue weighted by molar-refractivity contribution is 5.97. The van der Waals surface area contributed by atoms with Crippen molar-refractivity contribution in [1.82, 2.24) is 10.3 Å². The van der Waals surface area contributed by atoms with Crippen molar-refractivity contribution in [1.29, 1.82) is 0 Å². The lowest BCUT2D eigenvalue weighted by atomic mass is 10.1. The summed E-state index contributed by atoms with van der Waals surface area (Å²) in [6.45, 7) is 3.02. The third kappa shape index (κ3) is 3.17. The number of hydrogen-bond acceptors (Lipinski definition) is 4. The smallest absolute Gasteiger partial charge is 0.252 e. The second kappa shape index (κ2) is 5.63. The number of nitrogens with zero attached hydrogens (tertiary/aromatic N) is 1. The van der Waals surface area contributed by atoms with Gasteiger partial charge in [-0.3, -0.25) is 4.79 Å². The molecule has 1 fully saturated rings. The average Bonchev–Trinajstić information content (AvgIpc) is 2.82. The molecule has 0 spiro atoms. The molecular formula is C12H18N4O. The van der Waals surface area contributed by atoms with Gasteiger partial charge in [-0.05, 0) is 44.0 Å². The van der Waals surface area contributed by atoms with Gasteiger partial charge in [0, 0.05) is 12.7 Å². The van der Waals surface area contributed by atoms with E-state index in [4.69, 9.17) is 5.73 Å². The minimum Gasteiger partial charge on any atom is -0.369 e. The summed E-state index contributed by atoms with van der Waals surface area (Å²) in [6.07, 6.45) is 3.97. The van der Waals surface area contributed by atoms with Gasteiger partial charge in [0.2, 0.25) is 0 Å². The molecule has 92 valence electrons. The van der Waals surface area contributed by atoms with E-state index in [1.54, 1.807) is 18.3 Å². The molecule has 0 aliphatic carbocycles. The van der Waals surface area contributed by atoms with Gasteiger partial charge >= 0.3 is 0 Å². The van der Waals surface area contributed by atoms with E-state index in [0.717, 1.165) is 32.0 Å². The second-order valence-corrected chi connectivity index (χ2v) is 4.34. The summed E-state index contributed by atoms with van der Waals surface area (Å²) in [5, 5.41) is 6.51. The Morgan fingerprint density at radius 3 is 3.24 bits per heavy atom. The largest absolute Gasteiger partial charge is 0.369 e. The highest BCUT2D eigenvalue weighted by atomic mass is 16.1. The number of carbonyl (C=O) groups is 1. The number of carbonyl (C=O) groups excluding carboxylic acids is 1. The Bertz CT molecular complexity index is 388. The Morgan fingerprint density at radius 1 is 1.65 bits per heavy atom. The zero-order chi connectivity index (χ0) is 12.1. The van der Waals surface area contributed by atoms with Crippen LogP contribution in [-0.4, -0.2) is 30.5 Å². The molecular weight excluding hydrogens is 216 g/mol. The molecule has 5 nitrogen and oxygen atoms in total. The summed E-state index contributed by atoms with van der Waals surface area (Å²) < 4.78 is 0. The van der Waals surface area contributed by atoms with Gasteiger partial charge in [-0.1, -0.05) is 0 Å². The number of primary amides is 1. The van der Waals surface area contributed by atoms with Crippen molar-refractivity contribution >= 4 is 11.7 Å². The van der Waals surface area contributed by atoms with Crippen LogP contribution in [0.4, 0.5) is 5.82 Å². The van der Waals surface area contributed by atoms with E-state index in [-0.39, 0.29) is 0 Å². The summed E-state index contributed by atoms with van der Waals surface area (Å²) in [6, 6.07) is 3.40. The van der Waals surface area contributed by atoms with Crippen LogP contribution in [0.2, 0.25) is 0 Å². The fourth-order valence-corrected chi connectivity index (χ4v) is 2.10. The lowest BCUT2D eigenvalue weighted by Crippen LogP contribution is -2.17. The number of anilines is 1. The highest BCUT2D eigenvalue weighted by Gasteiger charge is 2.14. The van der Waals surface area contributed by atoms with Crippen LogP contribution in [0.1, 0.15) is 23.2 Å². The molecule has 1 aromatic heterocycles. The van der Waals surface area contributed by atoms with Crippen LogP contribution in [0.25, 0.3) is 0 Å². The first kappa shape index (κ1) is 11.9. The number of aromatic nitrogens is 1. The predicted molar refractivity (Wildman–Crippen MR) is 66.8 cm³/mol. The van der Waals surface area contributed by atoms with Crippen molar-refractivity contribution in [3.8, 4) is 0 Å². The maximum Gasteiger partial charge on any atom is 0.252 e. The van der Waals surface area contributed by atoms with Gasteiger partial charge in [0.15, 0.2) is 0 Å². The molecule has 4 N–H and O–H groups in total. The number of rotatable bonds is 5. The first-order valence-corrected chi connectivity index (χ1v) is 5.97. The van der Waals surface area contributed by atoms with Crippen LogP contribution < -0.4 is 16.4 Å². The molecule has 2 heterocycles. The Balaban J connectivity index is 1.87. The molecule has 1 amide bonds. The van der Waals surface area contributed by atoms with Crippen LogP contribution in [0.3, 0.4) is 0 Å². The second-order valence-electron chi connectivity index (χ2n) is 4.34. The van der Waals surface area contributed by atoms with Crippen molar-refractivity contribution in [2.24, 2.45) is 11.7 Å². The van der Waals surface area contributed by atoms with E-state index in [1.165, 1.54) is 6.42 Å². The Kier molecular flexibility index (Phi) is 3.93. The van der Waals surface area contributed by atoms with Crippen LogP contribution in [-0.2, 0) is 0 Å². The molecule has 2 rings (SSSR count). The van der Waals surface area contributed by atoms with Crippen LogP contribution in [0.15, 0.2) is 18.3 Å². The summed E-state index contributed by atoms with van der Waals surface area (Å²) in [4.78, 5) is 15.3. The number of amides is 1. The van der Waals surface area contributed by atoms with E-state index in [2.05, 4.69) is 15.6 Å². The van der Waals surface area contributed by atoms with Crippen molar-refractivity contribution in [3.63, 3.8) is 0 Å². The number of nitrogens with one attached hydrogen (secondary N) is 2. The molecule has 1 aliphatic rings. The van der Waals surface area contributed by atoms with Crippen molar-refractivity contribution in [2.75, 3.05) is 25.0 Å². The standard InChI is InChI=1S/C12H18N4O/c13-11(17)10-2-1-5-15-12(10)16-7-4-9-3-6-14-8-9/h1-2,5,9,14H,3-4,6-8H2,(H2,13,17)(H,15,16). The minimum absolute atomic E-state index is 0.442.